The summed E-state index contributed by atoms with van der Waals surface area (Å²) in [7, 11) is 0. The summed E-state index contributed by atoms with van der Waals surface area (Å²) in [5.41, 5.74) is 3.06. The number of aromatic nitrogens is 2. The molecule has 27 heavy (non-hydrogen) atoms. The molecule has 5 nitrogen and oxygen atoms in total. The molecule has 0 saturated carbocycles. The summed E-state index contributed by atoms with van der Waals surface area (Å²) in [5.74, 6) is 0.491. The Morgan fingerprint density at radius 1 is 1.22 bits per heavy atom. The minimum atomic E-state index is -0.600. The highest BCUT2D eigenvalue weighted by molar-refractivity contribution is 6.30. The second kappa shape index (κ2) is 8.73. The molecule has 0 aliphatic heterocycles. The first-order valence-corrected chi connectivity index (χ1v) is 9.15. The standard InChI is InChI=1S/C21H22ClN3O2/c1-15-11-19(22)7-8-20(15)27-16(2)21(26)23-13-17-5-3-6-18(12-17)14-25-10-4-9-24-25/h3-12,16H,13-14H2,1-2H3,(H,23,26). The monoisotopic (exact) mass is 383 g/mol. The van der Waals surface area contributed by atoms with E-state index in [-0.39, 0.29) is 5.91 Å². The number of nitrogens with one attached hydrogen (secondary N) is 1. The predicted octanol–water partition coefficient (Wildman–Crippen LogP) is 3.98. The van der Waals surface area contributed by atoms with Crippen LogP contribution in [-0.2, 0) is 17.9 Å². The summed E-state index contributed by atoms with van der Waals surface area (Å²) in [6.07, 6.45) is 3.08. The molecular formula is C21H22ClN3O2. The van der Waals surface area contributed by atoms with Gasteiger partial charge in [-0.1, -0.05) is 35.9 Å². The zero-order valence-electron chi connectivity index (χ0n) is 15.4. The van der Waals surface area contributed by atoms with E-state index in [0.29, 0.717) is 23.9 Å². The van der Waals surface area contributed by atoms with Crippen LogP contribution in [0, 0.1) is 6.92 Å². The number of benzene rings is 2. The average Bonchev–Trinajstić information content (AvgIpc) is 3.15. The first-order chi connectivity index (χ1) is 13.0. The lowest BCUT2D eigenvalue weighted by Crippen LogP contribution is -2.36. The van der Waals surface area contributed by atoms with Crippen LogP contribution in [0.4, 0.5) is 0 Å². The van der Waals surface area contributed by atoms with Crippen molar-refractivity contribution < 1.29 is 9.53 Å². The highest BCUT2D eigenvalue weighted by Crippen LogP contribution is 2.22. The van der Waals surface area contributed by atoms with Gasteiger partial charge in [0.2, 0.25) is 0 Å². The third-order valence-corrected chi connectivity index (χ3v) is 4.41. The molecule has 6 heteroatoms. The van der Waals surface area contributed by atoms with Gasteiger partial charge in [-0.05, 0) is 54.8 Å². The van der Waals surface area contributed by atoms with Crippen molar-refractivity contribution in [2.75, 3.05) is 0 Å². The molecule has 1 amide bonds. The molecule has 0 fully saturated rings. The minimum absolute atomic E-state index is 0.165. The summed E-state index contributed by atoms with van der Waals surface area (Å²) >= 11 is 5.95. The number of nitrogens with zero attached hydrogens (tertiary/aromatic N) is 2. The Bertz CT molecular complexity index is 910. The van der Waals surface area contributed by atoms with Crippen molar-refractivity contribution in [1.82, 2.24) is 15.1 Å². The Morgan fingerprint density at radius 2 is 2.04 bits per heavy atom. The van der Waals surface area contributed by atoms with Crippen LogP contribution in [0.3, 0.4) is 0 Å². The maximum Gasteiger partial charge on any atom is 0.261 e. The lowest BCUT2D eigenvalue weighted by Gasteiger charge is -2.16. The van der Waals surface area contributed by atoms with Crippen LogP contribution in [0.2, 0.25) is 5.02 Å². The zero-order valence-corrected chi connectivity index (χ0v) is 16.1. The molecule has 1 heterocycles. The molecule has 0 spiro atoms. The minimum Gasteiger partial charge on any atom is -0.481 e. The number of carbonyl (C=O) groups excluding carboxylic acids is 1. The molecule has 0 saturated heterocycles. The van der Waals surface area contributed by atoms with Crippen molar-refractivity contribution in [3.05, 3.63) is 82.6 Å². The second-order valence-corrected chi connectivity index (χ2v) is 6.85. The van der Waals surface area contributed by atoms with Crippen LogP contribution in [0.25, 0.3) is 0 Å². The topological polar surface area (TPSA) is 56.1 Å². The molecule has 0 bridgehead atoms. The molecule has 0 aliphatic carbocycles. The third-order valence-electron chi connectivity index (χ3n) is 4.17. The zero-order chi connectivity index (χ0) is 19.2. The lowest BCUT2D eigenvalue weighted by atomic mass is 10.1. The molecule has 0 aliphatic rings. The summed E-state index contributed by atoms with van der Waals surface area (Å²) in [6, 6.07) is 15.3. The Kier molecular flexibility index (Phi) is 6.14. The summed E-state index contributed by atoms with van der Waals surface area (Å²) in [4.78, 5) is 12.4. The maximum absolute atomic E-state index is 12.4. The number of carbonyl (C=O) groups is 1. The van der Waals surface area contributed by atoms with Crippen molar-refractivity contribution in [1.29, 1.82) is 0 Å². The SMILES string of the molecule is Cc1cc(Cl)ccc1OC(C)C(=O)NCc1cccc(Cn2cccn2)c1. The van der Waals surface area contributed by atoms with Crippen LogP contribution in [0.15, 0.2) is 60.9 Å². The van der Waals surface area contributed by atoms with Crippen molar-refractivity contribution in [3.63, 3.8) is 0 Å². The van der Waals surface area contributed by atoms with Gasteiger partial charge in [0.15, 0.2) is 6.10 Å². The number of hydrogen-bond acceptors (Lipinski definition) is 3. The van der Waals surface area contributed by atoms with Crippen LogP contribution >= 0.6 is 11.6 Å². The number of halogens is 1. The Hall–Kier alpha value is -2.79. The molecule has 0 radical (unpaired) electrons. The van der Waals surface area contributed by atoms with Crippen LogP contribution < -0.4 is 10.1 Å². The summed E-state index contributed by atoms with van der Waals surface area (Å²) in [6.45, 7) is 4.78. The number of amides is 1. The molecule has 1 aromatic heterocycles. The van der Waals surface area contributed by atoms with E-state index < -0.39 is 6.10 Å². The highest BCUT2D eigenvalue weighted by Gasteiger charge is 2.15. The van der Waals surface area contributed by atoms with Gasteiger partial charge in [0.05, 0.1) is 6.54 Å². The van der Waals surface area contributed by atoms with Crippen molar-refractivity contribution in [2.45, 2.75) is 33.0 Å². The van der Waals surface area contributed by atoms with E-state index in [1.54, 1.807) is 25.3 Å². The lowest BCUT2D eigenvalue weighted by molar-refractivity contribution is -0.127. The van der Waals surface area contributed by atoms with Gasteiger partial charge in [-0.25, -0.2) is 0 Å². The normalized spacial score (nSPS) is 11.8. The highest BCUT2D eigenvalue weighted by atomic mass is 35.5. The third kappa shape index (κ3) is 5.34. The first kappa shape index (κ1) is 19.0. The first-order valence-electron chi connectivity index (χ1n) is 8.77. The molecule has 2 aromatic carbocycles. The van der Waals surface area contributed by atoms with Crippen molar-refractivity contribution in [2.24, 2.45) is 0 Å². The number of ether oxygens (including phenoxy) is 1. The Labute approximate surface area is 163 Å². The average molecular weight is 384 g/mol. The van der Waals surface area contributed by atoms with E-state index >= 15 is 0 Å². The molecule has 1 atom stereocenters. The molecule has 3 aromatic rings. The predicted molar refractivity (Wildman–Crippen MR) is 106 cm³/mol. The molecule has 1 unspecified atom stereocenters. The molecular weight excluding hydrogens is 362 g/mol. The van der Waals surface area contributed by atoms with Crippen LogP contribution in [0.1, 0.15) is 23.6 Å². The number of rotatable bonds is 7. The van der Waals surface area contributed by atoms with Gasteiger partial charge < -0.3 is 10.1 Å². The van der Waals surface area contributed by atoms with Gasteiger partial charge >= 0.3 is 0 Å². The Morgan fingerprint density at radius 3 is 2.78 bits per heavy atom. The van der Waals surface area contributed by atoms with Gasteiger partial charge in [-0.2, -0.15) is 5.10 Å². The molecule has 140 valence electrons. The second-order valence-electron chi connectivity index (χ2n) is 6.41. The Balaban J connectivity index is 1.55. The van der Waals surface area contributed by atoms with E-state index in [9.17, 15) is 4.79 Å². The van der Waals surface area contributed by atoms with E-state index in [1.165, 1.54) is 0 Å². The molecule has 3 rings (SSSR count). The van der Waals surface area contributed by atoms with Gasteiger partial charge in [0.1, 0.15) is 5.75 Å². The van der Waals surface area contributed by atoms with Crippen molar-refractivity contribution in [3.8, 4) is 5.75 Å². The van der Waals surface area contributed by atoms with E-state index in [4.69, 9.17) is 16.3 Å². The van der Waals surface area contributed by atoms with Crippen LogP contribution in [0.5, 0.6) is 5.75 Å². The largest absolute Gasteiger partial charge is 0.481 e. The number of aryl methyl sites for hydroxylation is 1. The number of hydrogen-bond donors (Lipinski definition) is 1. The van der Waals surface area contributed by atoms with Crippen molar-refractivity contribution >= 4 is 17.5 Å². The fourth-order valence-corrected chi connectivity index (χ4v) is 2.97. The van der Waals surface area contributed by atoms with Gasteiger partial charge in [-0.15, -0.1) is 0 Å². The van der Waals surface area contributed by atoms with Gasteiger partial charge in [0.25, 0.3) is 5.91 Å². The fourth-order valence-electron chi connectivity index (χ4n) is 2.74. The quantitative estimate of drug-likeness (QED) is 0.671. The van der Waals surface area contributed by atoms with Crippen LogP contribution in [-0.4, -0.2) is 21.8 Å². The molecule has 1 N–H and O–H groups in total. The summed E-state index contributed by atoms with van der Waals surface area (Å²) < 4.78 is 7.63. The van der Waals surface area contributed by atoms with Gasteiger partial charge in [-0.3, -0.25) is 9.48 Å². The van der Waals surface area contributed by atoms with E-state index in [2.05, 4.69) is 16.5 Å². The smallest absolute Gasteiger partial charge is 0.261 e. The fraction of sp³-hybridized carbons (Fsp3) is 0.238. The van der Waals surface area contributed by atoms with Gasteiger partial charge in [0, 0.05) is 24.0 Å². The van der Waals surface area contributed by atoms with E-state index in [1.807, 2.05) is 48.1 Å². The summed E-state index contributed by atoms with van der Waals surface area (Å²) in [5, 5.41) is 7.78. The van der Waals surface area contributed by atoms with E-state index in [0.717, 1.165) is 16.7 Å². The maximum atomic E-state index is 12.4.